The Morgan fingerprint density at radius 1 is 1.12 bits per heavy atom. The number of rotatable bonds is 6. The minimum absolute atomic E-state index is 0.176. The van der Waals surface area contributed by atoms with Crippen LogP contribution in [0.25, 0.3) is 0 Å². The normalized spacial score (nSPS) is 17.4. The molecule has 0 aromatic heterocycles. The predicted octanol–water partition coefficient (Wildman–Crippen LogP) is 1.90. The first kappa shape index (κ1) is 17.2. The van der Waals surface area contributed by atoms with Gasteiger partial charge in [0.25, 0.3) is 0 Å². The number of nitrogens with one attached hydrogen (secondary N) is 1. The highest BCUT2D eigenvalue weighted by Crippen LogP contribution is 2.29. The first-order valence-electron chi connectivity index (χ1n) is 8.45. The SMILES string of the molecule is NC(=O)C(Cc1ccccc1)NC(=O)CC1OCCc2ccccc21. The Hall–Kier alpha value is -2.66. The van der Waals surface area contributed by atoms with Gasteiger partial charge in [-0.25, -0.2) is 0 Å². The molecule has 0 fully saturated rings. The fourth-order valence-electron chi connectivity index (χ4n) is 3.14. The van der Waals surface area contributed by atoms with Gasteiger partial charge in [0, 0.05) is 6.42 Å². The summed E-state index contributed by atoms with van der Waals surface area (Å²) in [5, 5.41) is 2.75. The Morgan fingerprint density at radius 2 is 1.84 bits per heavy atom. The van der Waals surface area contributed by atoms with Crippen LogP contribution in [0.4, 0.5) is 0 Å². The lowest BCUT2D eigenvalue weighted by atomic mass is 9.95. The average molecular weight is 338 g/mol. The number of carbonyl (C=O) groups excluding carboxylic acids is 2. The Kier molecular flexibility index (Phi) is 5.46. The first-order valence-corrected chi connectivity index (χ1v) is 8.45. The Morgan fingerprint density at radius 3 is 2.60 bits per heavy atom. The van der Waals surface area contributed by atoms with Crippen molar-refractivity contribution in [3.05, 3.63) is 71.3 Å². The van der Waals surface area contributed by atoms with Gasteiger partial charge in [0.15, 0.2) is 0 Å². The zero-order valence-electron chi connectivity index (χ0n) is 14.0. The summed E-state index contributed by atoms with van der Waals surface area (Å²) in [6, 6.07) is 16.7. The van der Waals surface area contributed by atoms with E-state index in [9.17, 15) is 9.59 Å². The van der Waals surface area contributed by atoms with E-state index in [1.54, 1.807) is 0 Å². The van der Waals surface area contributed by atoms with Crippen molar-refractivity contribution in [2.45, 2.75) is 31.4 Å². The molecule has 2 aromatic rings. The van der Waals surface area contributed by atoms with Crippen molar-refractivity contribution in [2.75, 3.05) is 6.61 Å². The summed E-state index contributed by atoms with van der Waals surface area (Å²) in [5.74, 6) is -0.774. The molecule has 1 heterocycles. The number of carbonyl (C=O) groups is 2. The summed E-state index contributed by atoms with van der Waals surface area (Å²) in [6.07, 6.45) is 1.13. The van der Waals surface area contributed by atoms with Crippen molar-refractivity contribution in [3.8, 4) is 0 Å². The lowest BCUT2D eigenvalue weighted by molar-refractivity contribution is -0.129. The van der Waals surface area contributed by atoms with Crippen LogP contribution < -0.4 is 11.1 Å². The molecule has 2 amide bonds. The summed E-state index contributed by atoms with van der Waals surface area (Å²) >= 11 is 0. The predicted molar refractivity (Wildman–Crippen MR) is 94.7 cm³/mol. The molecule has 0 bridgehead atoms. The number of fused-ring (bicyclic) bond motifs is 1. The lowest BCUT2D eigenvalue weighted by Gasteiger charge is -2.26. The van der Waals surface area contributed by atoms with Crippen molar-refractivity contribution in [2.24, 2.45) is 5.73 Å². The second-order valence-electron chi connectivity index (χ2n) is 6.22. The van der Waals surface area contributed by atoms with E-state index in [-0.39, 0.29) is 18.4 Å². The standard InChI is InChI=1S/C20H22N2O3/c21-20(24)17(12-14-6-2-1-3-7-14)22-19(23)13-18-16-9-5-4-8-15(16)10-11-25-18/h1-9,17-18H,10-13H2,(H2,21,24)(H,22,23). The maximum atomic E-state index is 12.4. The second kappa shape index (κ2) is 7.94. The van der Waals surface area contributed by atoms with Crippen LogP contribution in [-0.2, 0) is 27.2 Å². The van der Waals surface area contributed by atoms with Gasteiger partial charge in [-0.3, -0.25) is 9.59 Å². The number of nitrogens with two attached hydrogens (primary N) is 1. The van der Waals surface area contributed by atoms with Gasteiger partial charge >= 0.3 is 0 Å². The third kappa shape index (κ3) is 4.45. The molecule has 2 aromatic carbocycles. The fourth-order valence-corrected chi connectivity index (χ4v) is 3.14. The van der Waals surface area contributed by atoms with E-state index < -0.39 is 11.9 Å². The lowest BCUT2D eigenvalue weighted by Crippen LogP contribution is -2.46. The molecule has 2 atom stereocenters. The molecular formula is C20H22N2O3. The summed E-state index contributed by atoms with van der Waals surface area (Å²) in [5.41, 5.74) is 8.66. The van der Waals surface area contributed by atoms with E-state index in [4.69, 9.17) is 10.5 Å². The summed E-state index contributed by atoms with van der Waals surface area (Å²) in [4.78, 5) is 24.1. The largest absolute Gasteiger partial charge is 0.373 e. The van der Waals surface area contributed by atoms with Crippen LogP contribution in [-0.4, -0.2) is 24.5 Å². The van der Waals surface area contributed by atoms with Crippen LogP contribution >= 0.6 is 0 Å². The third-order valence-corrected chi connectivity index (χ3v) is 4.42. The topological polar surface area (TPSA) is 81.4 Å². The van der Waals surface area contributed by atoms with Gasteiger partial charge in [0.2, 0.25) is 11.8 Å². The molecule has 5 nitrogen and oxygen atoms in total. The van der Waals surface area contributed by atoms with E-state index >= 15 is 0 Å². The molecule has 1 aliphatic heterocycles. The highest BCUT2D eigenvalue weighted by molar-refractivity contribution is 5.87. The van der Waals surface area contributed by atoms with E-state index in [0.717, 1.165) is 17.5 Å². The van der Waals surface area contributed by atoms with Crippen LogP contribution in [0.3, 0.4) is 0 Å². The van der Waals surface area contributed by atoms with Crippen LogP contribution in [0.1, 0.15) is 29.2 Å². The Bertz CT molecular complexity index is 746. The van der Waals surface area contributed by atoms with Crippen molar-refractivity contribution in [3.63, 3.8) is 0 Å². The minimum Gasteiger partial charge on any atom is -0.373 e. The van der Waals surface area contributed by atoms with Gasteiger partial charge in [0.1, 0.15) is 6.04 Å². The van der Waals surface area contributed by atoms with Gasteiger partial charge in [-0.05, 0) is 23.1 Å². The third-order valence-electron chi connectivity index (χ3n) is 4.42. The molecular weight excluding hydrogens is 316 g/mol. The summed E-state index contributed by atoms with van der Waals surface area (Å²) in [7, 11) is 0. The molecule has 130 valence electrons. The van der Waals surface area contributed by atoms with Crippen molar-refractivity contribution >= 4 is 11.8 Å². The molecule has 0 spiro atoms. The van der Waals surface area contributed by atoms with Crippen LogP contribution in [0.5, 0.6) is 0 Å². The van der Waals surface area contributed by atoms with Crippen molar-refractivity contribution < 1.29 is 14.3 Å². The van der Waals surface area contributed by atoms with Crippen molar-refractivity contribution in [1.82, 2.24) is 5.32 Å². The maximum Gasteiger partial charge on any atom is 0.240 e. The van der Waals surface area contributed by atoms with Crippen LogP contribution in [0.15, 0.2) is 54.6 Å². The Balaban J connectivity index is 1.64. The zero-order valence-corrected chi connectivity index (χ0v) is 14.0. The van der Waals surface area contributed by atoms with Gasteiger partial charge in [-0.2, -0.15) is 0 Å². The van der Waals surface area contributed by atoms with Crippen LogP contribution in [0.2, 0.25) is 0 Å². The number of hydrogen-bond acceptors (Lipinski definition) is 3. The highest BCUT2D eigenvalue weighted by atomic mass is 16.5. The molecule has 0 radical (unpaired) electrons. The number of benzene rings is 2. The fraction of sp³-hybridized carbons (Fsp3) is 0.300. The number of primary amides is 1. The van der Waals surface area contributed by atoms with E-state index in [1.807, 2.05) is 48.5 Å². The second-order valence-corrected chi connectivity index (χ2v) is 6.22. The molecule has 2 unspecified atom stereocenters. The van der Waals surface area contributed by atoms with E-state index in [0.29, 0.717) is 13.0 Å². The maximum absolute atomic E-state index is 12.4. The molecule has 5 heteroatoms. The Labute approximate surface area is 147 Å². The molecule has 0 saturated heterocycles. The number of ether oxygens (including phenoxy) is 1. The summed E-state index contributed by atoms with van der Waals surface area (Å²) in [6.45, 7) is 0.595. The highest BCUT2D eigenvalue weighted by Gasteiger charge is 2.25. The number of amides is 2. The van der Waals surface area contributed by atoms with E-state index in [2.05, 4.69) is 11.4 Å². The average Bonchev–Trinajstić information content (AvgIpc) is 2.62. The quantitative estimate of drug-likeness (QED) is 0.844. The molecule has 25 heavy (non-hydrogen) atoms. The number of hydrogen-bond donors (Lipinski definition) is 2. The minimum atomic E-state index is -0.728. The monoisotopic (exact) mass is 338 g/mol. The van der Waals surface area contributed by atoms with Crippen LogP contribution in [0, 0.1) is 0 Å². The van der Waals surface area contributed by atoms with Gasteiger partial charge in [-0.1, -0.05) is 54.6 Å². The van der Waals surface area contributed by atoms with E-state index in [1.165, 1.54) is 5.56 Å². The molecule has 0 aliphatic carbocycles. The smallest absolute Gasteiger partial charge is 0.240 e. The molecule has 1 aliphatic rings. The molecule has 3 N–H and O–H groups in total. The van der Waals surface area contributed by atoms with Crippen molar-refractivity contribution in [1.29, 1.82) is 0 Å². The summed E-state index contributed by atoms with van der Waals surface area (Å²) < 4.78 is 5.76. The van der Waals surface area contributed by atoms with Gasteiger partial charge in [0.05, 0.1) is 19.1 Å². The van der Waals surface area contributed by atoms with Gasteiger partial charge in [-0.15, -0.1) is 0 Å². The van der Waals surface area contributed by atoms with Gasteiger partial charge < -0.3 is 15.8 Å². The zero-order chi connectivity index (χ0) is 17.6. The first-order chi connectivity index (χ1) is 12.1. The molecule has 0 saturated carbocycles. The molecule has 3 rings (SSSR count).